The normalized spacial score (nSPS) is 14.6. The Morgan fingerprint density at radius 3 is 2.46 bits per heavy atom. The third kappa shape index (κ3) is 4.38. The van der Waals surface area contributed by atoms with E-state index in [1.807, 2.05) is 25.3 Å². The number of allylic oxidation sites excluding steroid dienone is 1. The van der Waals surface area contributed by atoms with Gasteiger partial charge in [-0.3, -0.25) is 9.78 Å². The van der Waals surface area contributed by atoms with Crippen molar-refractivity contribution in [2.45, 2.75) is 19.9 Å². The minimum absolute atomic E-state index is 0.244. The number of carbonyl (C=O) groups excluding carboxylic acids is 1. The van der Waals surface area contributed by atoms with E-state index in [4.69, 9.17) is 24.3 Å². The van der Waals surface area contributed by atoms with Gasteiger partial charge in [-0.15, -0.1) is 16.4 Å². The van der Waals surface area contributed by atoms with E-state index in [1.54, 1.807) is 74.0 Å². The number of anilines is 2. The molecule has 1 aromatic carbocycles. The minimum atomic E-state index is -0.476. The van der Waals surface area contributed by atoms with E-state index in [-0.39, 0.29) is 5.91 Å². The van der Waals surface area contributed by atoms with E-state index < -0.39 is 6.04 Å². The van der Waals surface area contributed by atoms with Gasteiger partial charge < -0.3 is 24.8 Å². The van der Waals surface area contributed by atoms with E-state index in [1.165, 1.54) is 0 Å². The first kappa shape index (κ1) is 24.3. The summed E-state index contributed by atoms with van der Waals surface area (Å²) in [6.45, 7) is 3.89. The number of nitrogens with one attached hydrogen (secondary N) is 2. The van der Waals surface area contributed by atoms with Crippen LogP contribution in [0.3, 0.4) is 0 Å². The van der Waals surface area contributed by atoms with Gasteiger partial charge in [0.1, 0.15) is 6.04 Å². The Balaban J connectivity index is 1.61. The van der Waals surface area contributed by atoms with Crippen molar-refractivity contribution in [3.8, 4) is 28.6 Å². The molecule has 1 aliphatic heterocycles. The summed E-state index contributed by atoms with van der Waals surface area (Å²) in [6, 6.07) is 8.72. The van der Waals surface area contributed by atoms with E-state index >= 15 is 0 Å². The lowest BCUT2D eigenvalue weighted by Crippen LogP contribution is -2.31. The summed E-state index contributed by atoms with van der Waals surface area (Å²) in [5.41, 5.74) is 3.58. The first-order valence-electron chi connectivity index (χ1n) is 11.4. The molecule has 0 fully saturated rings. The van der Waals surface area contributed by atoms with Crippen LogP contribution in [0.2, 0.25) is 0 Å². The molecule has 0 saturated carbocycles. The zero-order valence-corrected chi connectivity index (χ0v) is 21.8. The number of carbonyl (C=O) groups is 1. The van der Waals surface area contributed by atoms with Crippen molar-refractivity contribution in [3.05, 3.63) is 69.8 Å². The number of thiophene rings is 1. The van der Waals surface area contributed by atoms with Crippen LogP contribution in [-0.2, 0) is 4.79 Å². The number of pyridine rings is 1. The van der Waals surface area contributed by atoms with Gasteiger partial charge in [0.2, 0.25) is 11.7 Å². The summed E-state index contributed by atoms with van der Waals surface area (Å²) >= 11 is 1.57. The molecular formula is C26H26N6O4S. The van der Waals surface area contributed by atoms with Gasteiger partial charge in [0.15, 0.2) is 17.3 Å². The number of ether oxygens (including phenoxy) is 3. The van der Waals surface area contributed by atoms with Crippen molar-refractivity contribution >= 4 is 28.9 Å². The SMILES string of the molecule is COc1cc(-c2nc3n(n2)C(c2sccc2C)C(C(=O)Nc2cccnc2)=C(C)N3)cc(OC)c1OC. The average molecular weight is 519 g/mol. The number of fused-ring (bicyclic) bond motifs is 1. The Hall–Kier alpha value is -4.38. The highest BCUT2D eigenvalue weighted by molar-refractivity contribution is 7.10. The number of amides is 1. The number of benzene rings is 1. The van der Waals surface area contributed by atoms with Gasteiger partial charge in [-0.05, 0) is 55.1 Å². The maximum atomic E-state index is 13.6. The Bertz CT molecular complexity index is 1470. The third-order valence-electron chi connectivity index (χ3n) is 6.09. The molecule has 0 radical (unpaired) electrons. The van der Waals surface area contributed by atoms with Crippen LogP contribution in [0.5, 0.6) is 17.2 Å². The molecule has 4 aromatic rings. The molecule has 10 nitrogen and oxygen atoms in total. The Kier molecular flexibility index (Phi) is 6.53. The van der Waals surface area contributed by atoms with Crippen molar-refractivity contribution in [3.63, 3.8) is 0 Å². The largest absolute Gasteiger partial charge is 0.493 e. The fraction of sp³-hybridized carbons (Fsp3) is 0.231. The maximum Gasteiger partial charge on any atom is 0.255 e. The first-order valence-corrected chi connectivity index (χ1v) is 12.3. The molecule has 11 heteroatoms. The predicted octanol–water partition coefficient (Wildman–Crippen LogP) is 4.66. The molecule has 5 rings (SSSR count). The predicted molar refractivity (Wildman–Crippen MR) is 141 cm³/mol. The average Bonchev–Trinajstić information content (AvgIpc) is 3.53. The van der Waals surface area contributed by atoms with Gasteiger partial charge in [-0.1, -0.05) is 0 Å². The summed E-state index contributed by atoms with van der Waals surface area (Å²) in [5.74, 6) is 2.20. The second kappa shape index (κ2) is 9.94. The van der Waals surface area contributed by atoms with Crippen LogP contribution in [0.1, 0.15) is 23.4 Å². The molecule has 0 aliphatic carbocycles. The number of hydrogen-bond donors (Lipinski definition) is 2. The topological polar surface area (TPSA) is 112 Å². The Labute approximate surface area is 217 Å². The van der Waals surface area contributed by atoms with Crippen molar-refractivity contribution in [2.24, 2.45) is 0 Å². The van der Waals surface area contributed by atoms with Crippen LogP contribution < -0.4 is 24.8 Å². The van der Waals surface area contributed by atoms with Crippen LogP contribution in [0.25, 0.3) is 11.4 Å². The van der Waals surface area contributed by atoms with E-state index in [0.29, 0.717) is 51.5 Å². The zero-order valence-electron chi connectivity index (χ0n) is 21.0. The molecule has 1 aliphatic rings. The Morgan fingerprint density at radius 2 is 1.86 bits per heavy atom. The van der Waals surface area contributed by atoms with Crippen LogP contribution in [0.4, 0.5) is 11.6 Å². The molecule has 0 spiro atoms. The fourth-order valence-electron chi connectivity index (χ4n) is 4.32. The number of aromatic nitrogens is 4. The zero-order chi connectivity index (χ0) is 26.1. The van der Waals surface area contributed by atoms with Crippen molar-refractivity contribution in [1.82, 2.24) is 19.7 Å². The standard InChI is InChI=1S/C26H26N6O4S/c1-14-8-10-37-23(14)21-20(25(33)29-17-7-6-9-27-13-17)15(2)28-26-30-24(31-32(21)26)16-11-18(34-3)22(36-5)19(12-16)35-4/h6-13,21H,1-5H3,(H,29,33)(H,28,30,31). The highest BCUT2D eigenvalue weighted by Crippen LogP contribution is 2.43. The maximum absolute atomic E-state index is 13.6. The number of rotatable bonds is 7. The monoisotopic (exact) mass is 518 g/mol. The summed E-state index contributed by atoms with van der Waals surface area (Å²) in [5, 5.41) is 13.1. The lowest BCUT2D eigenvalue weighted by Gasteiger charge is -2.28. The number of nitrogens with zero attached hydrogens (tertiary/aromatic N) is 4. The highest BCUT2D eigenvalue weighted by Gasteiger charge is 2.36. The summed E-state index contributed by atoms with van der Waals surface area (Å²) < 4.78 is 18.2. The van der Waals surface area contributed by atoms with Crippen LogP contribution >= 0.6 is 11.3 Å². The summed E-state index contributed by atoms with van der Waals surface area (Å²) in [7, 11) is 4.67. The van der Waals surface area contributed by atoms with Gasteiger partial charge >= 0.3 is 0 Å². The number of aryl methyl sites for hydroxylation is 1. The smallest absolute Gasteiger partial charge is 0.255 e. The van der Waals surface area contributed by atoms with E-state index in [2.05, 4.69) is 15.6 Å². The molecule has 1 atom stereocenters. The van der Waals surface area contributed by atoms with Crippen molar-refractivity contribution in [1.29, 1.82) is 0 Å². The highest BCUT2D eigenvalue weighted by atomic mass is 32.1. The molecular weight excluding hydrogens is 492 g/mol. The summed E-state index contributed by atoms with van der Waals surface area (Å²) in [4.78, 5) is 23.4. The first-order chi connectivity index (χ1) is 17.9. The van der Waals surface area contributed by atoms with Gasteiger partial charge in [-0.2, -0.15) is 4.98 Å². The van der Waals surface area contributed by atoms with Crippen LogP contribution in [0.15, 0.2) is 59.4 Å². The number of methoxy groups -OCH3 is 3. The molecule has 0 saturated heterocycles. The second-order valence-corrected chi connectivity index (χ2v) is 9.30. The fourth-order valence-corrected chi connectivity index (χ4v) is 5.34. The quantitative estimate of drug-likeness (QED) is 0.363. The molecule has 1 unspecified atom stereocenters. The lowest BCUT2D eigenvalue weighted by molar-refractivity contribution is -0.113. The van der Waals surface area contributed by atoms with Crippen molar-refractivity contribution in [2.75, 3.05) is 32.0 Å². The van der Waals surface area contributed by atoms with Crippen molar-refractivity contribution < 1.29 is 19.0 Å². The lowest BCUT2D eigenvalue weighted by atomic mass is 9.99. The second-order valence-electron chi connectivity index (χ2n) is 8.35. The molecule has 37 heavy (non-hydrogen) atoms. The van der Waals surface area contributed by atoms with Gasteiger partial charge in [0, 0.05) is 22.3 Å². The molecule has 2 N–H and O–H groups in total. The third-order valence-corrected chi connectivity index (χ3v) is 7.16. The van der Waals surface area contributed by atoms with Gasteiger partial charge in [0.25, 0.3) is 5.91 Å². The minimum Gasteiger partial charge on any atom is -0.493 e. The Morgan fingerprint density at radius 1 is 1.11 bits per heavy atom. The van der Waals surface area contributed by atoms with Gasteiger partial charge in [0.05, 0.1) is 38.8 Å². The van der Waals surface area contributed by atoms with Gasteiger partial charge in [-0.25, -0.2) is 4.68 Å². The van der Waals surface area contributed by atoms with E-state index in [9.17, 15) is 4.79 Å². The van der Waals surface area contributed by atoms with E-state index in [0.717, 1.165) is 10.4 Å². The molecule has 4 heterocycles. The van der Waals surface area contributed by atoms with Crippen LogP contribution in [0, 0.1) is 6.92 Å². The molecule has 3 aromatic heterocycles. The molecule has 1 amide bonds. The molecule has 0 bridgehead atoms. The molecule has 190 valence electrons. The summed E-state index contributed by atoms with van der Waals surface area (Å²) in [6.07, 6.45) is 3.27. The van der Waals surface area contributed by atoms with Crippen LogP contribution in [-0.4, -0.2) is 47.0 Å². The number of hydrogen-bond acceptors (Lipinski definition) is 9.